The third-order valence-corrected chi connectivity index (χ3v) is 3.37. The normalized spacial score (nSPS) is 12.5. The number of hydrogen-bond acceptors (Lipinski definition) is 2. The number of rotatable bonds is 8. The minimum atomic E-state index is -0.126. The van der Waals surface area contributed by atoms with Crippen LogP contribution in [0.15, 0.2) is 24.3 Å². The molecule has 0 fully saturated rings. The van der Waals surface area contributed by atoms with Crippen LogP contribution in [0.5, 0.6) is 5.75 Å². The Morgan fingerprint density at radius 1 is 0.909 bits per heavy atom. The molecule has 0 aliphatic carbocycles. The molecular formula is C20H35NO. The fourth-order valence-corrected chi connectivity index (χ4v) is 2.39. The maximum atomic E-state index is 5.93. The van der Waals surface area contributed by atoms with Crippen LogP contribution in [-0.2, 0) is 6.42 Å². The predicted octanol–water partition coefficient (Wildman–Crippen LogP) is 5.35. The van der Waals surface area contributed by atoms with Gasteiger partial charge < -0.3 is 10.1 Å². The zero-order valence-electron chi connectivity index (χ0n) is 15.5. The van der Waals surface area contributed by atoms with E-state index in [0.29, 0.717) is 0 Å². The number of unbranched alkanes of at least 4 members (excludes halogenated alkanes) is 3. The molecule has 1 rings (SSSR count). The highest BCUT2D eigenvalue weighted by atomic mass is 16.5. The number of aryl methyl sites for hydroxylation is 1. The summed E-state index contributed by atoms with van der Waals surface area (Å²) >= 11 is 0. The molecular weight excluding hydrogens is 270 g/mol. The first kappa shape index (κ1) is 19.0. The Balaban J connectivity index is 2.21. The second-order valence-electron chi connectivity index (χ2n) is 8.20. The first-order chi connectivity index (χ1) is 10.2. The van der Waals surface area contributed by atoms with E-state index >= 15 is 0 Å². The van der Waals surface area contributed by atoms with Crippen molar-refractivity contribution in [2.24, 2.45) is 0 Å². The van der Waals surface area contributed by atoms with Crippen molar-refractivity contribution in [3.63, 3.8) is 0 Å². The predicted molar refractivity (Wildman–Crippen MR) is 96.8 cm³/mol. The van der Waals surface area contributed by atoms with Gasteiger partial charge in [0, 0.05) is 5.54 Å². The molecule has 1 aromatic carbocycles. The lowest BCUT2D eigenvalue weighted by Crippen LogP contribution is -2.36. The van der Waals surface area contributed by atoms with Crippen LogP contribution < -0.4 is 10.1 Å². The van der Waals surface area contributed by atoms with E-state index in [4.69, 9.17) is 4.74 Å². The van der Waals surface area contributed by atoms with Gasteiger partial charge in [0.25, 0.3) is 0 Å². The summed E-state index contributed by atoms with van der Waals surface area (Å²) in [6, 6.07) is 8.54. The van der Waals surface area contributed by atoms with Crippen LogP contribution in [0.4, 0.5) is 0 Å². The monoisotopic (exact) mass is 305 g/mol. The lowest BCUT2D eigenvalue weighted by atomic mass is 10.0. The van der Waals surface area contributed by atoms with Crippen molar-refractivity contribution in [1.29, 1.82) is 0 Å². The van der Waals surface area contributed by atoms with E-state index in [1.54, 1.807) is 0 Å². The lowest BCUT2D eigenvalue weighted by molar-refractivity contribution is 0.131. The lowest BCUT2D eigenvalue weighted by Gasteiger charge is -2.21. The van der Waals surface area contributed by atoms with Gasteiger partial charge in [-0.25, -0.2) is 0 Å². The molecule has 0 spiro atoms. The summed E-state index contributed by atoms with van der Waals surface area (Å²) in [5, 5.41) is 3.54. The fourth-order valence-electron chi connectivity index (χ4n) is 2.39. The van der Waals surface area contributed by atoms with Crippen molar-refractivity contribution in [2.45, 2.75) is 84.8 Å². The number of nitrogens with one attached hydrogen (secondary N) is 1. The fraction of sp³-hybridized carbons (Fsp3) is 0.700. The molecule has 2 nitrogen and oxygen atoms in total. The molecule has 0 atom stereocenters. The van der Waals surface area contributed by atoms with Crippen molar-refractivity contribution >= 4 is 0 Å². The zero-order chi connectivity index (χ0) is 16.6. The summed E-state index contributed by atoms with van der Waals surface area (Å²) in [6.45, 7) is 14.1. The highest BCUT2D eigenvalue weighted by Crippen LogP contribution is 2.20. The van der Waals surface area contributed by atoms with E-state index in [0.717, 1.165) is 18.7 Å². The van der Waals surface area contributed by atoms with Crippen LogP contribution in [-0.4, -0.2) is 17.7 Å². The van der Waals surface area contributed by atoms with E-state index < -0.39 is 0 Å². The topological polar surface area (TPSA) is 21.3 Å². The van der Waals surface area contributed by atoms with Crippen molar-refractivity contribution < 1.29 is 4.74 Å². The molecule has 0 saturated heterocycles. The number of ether oxygens (including phenoxy) is 1. The molecule has 22 heavy (non-hydrogen) atoms. The third kappa shape index (κ3) is 9.83. The maximum Gasteiger partial charge on any atom is 0.120 e. The van der Waals surface area contributed by atoms with Crippen LogP contribution in [0.3, 0.4) is 0 Å². The Bertz CT molecular complexity index is 426. The van der Waals surface area contributed by atoms with Gasteiger partial charge in [-0.15, -0.1) is 0 Å². The van der Waals surface area contributed by atoms with Gasteiger partial charge in [-0.3, -0.25) is 0 Å². The average Bonchev–Trinajstić information content (AvgIpc) is 2.34. The van der Waals surface area contributed by atoms with Gasteiger partial charge in [0.05, 0.1) is 0 Å². The van der Waals surface area contributed by atoms with Crippen LogP contribution in [0.25, 0.3) is 0 Å². The smallest absolute Gasteiger partial charge is 0.120 e. The minimum absolute atomic E-state index is 0.126. The molecule has 0 unspecified atom stereocenters. The second kappa shape index (κ2) is 8.57. The summed E-state index contributed by atoms with van der Waals surface area (Å²) in [5.74, 6) is 0.986. The van der Waals surface area contributed by atoms with Gasteiger partial charge in [0.15, 0.2) is 0 Å². The molecule has 0 aromatic heterocycles. The van der Waals surface area contributed by atoms with Crippen LogP contribution in [0, 0.1) is 0 Å². The first-order valence-corrected chi connectivity index (χ1v) is 8.69. The van der Waals surface area contributed by atoms with E-state index in [9.17, 15) is 0 Å². The molecule has 2 heteroatoms. The molecule has 0 saturated carbocycles. The average molecular weight is 306 g/mol. The Morgan fingerprint density at radius 3 is 2.23 bits per heavy atom. The highest BCUT2D eigenvalue weighted by molar-refractivity contribution is 5.29. The van der Waals surface area contributed by atoms with E-state index in [1.807, 2.05) is 6.07 Å². The third-order valence-electron chi connectivity index (χ3n) is 3.37. The van der Waals surface area contributed by atoms with Crippen molar-refractivity contribution in [1.82, 2.24) is 5.32 Å². The van der Waals surface area contributed by atoms with E-state index in [-0.39, 0.29) is 11.1 Å². The standard InChI is InChI=1S/C20H35NO/c1-19(2,3)21-15-10-8-7-9-12-17-13-11-14-18(16-17)22-20(4,5)6/h11,13-14,16,21H,7-10,12,15H2,1-6H3. The van der Waals surface area contributed by atoms with Crippen molar-refractivity contribution in [2.75, 3.05) is 6.54 Å². The molecule has 0 aliphatic heterocycles. The first-order valence-electron chi connectivity index (χ1n) is 8.69. The van der Waals surface area contributed by atoms with Crippen molar-refractivity contribution in [3.8, 4) is 5.75 Å². The highest BCUT2D eigenvalue weighted by Gasteiger charge is 2.11. The maximum absolute atomic E-state index is 5.93. The van der Waals surface area contributed by atoms with E-state index in [1.165, 1.54) is 31.2 Å². The molecule has 0 heterocycles. The Labute approximate surface area is 137 Å². The van der Waals surface area contributed by atoms with Gasteiger partial charge in [0.2, 0.25) is 0 Å². The molecule has 1 aromatic rings. The molecule has 0 aliphatic rings. The SMILES string of the molecule is CC(C)(C)NCCCCCCc1cccc(OC(C)(C)C)c1. The van der Waals surface area contributed by atoms with E-state index in [2.05, 4.69) is 65.1 Å². The summed E-state index contributed by atoms with van der Waals surface area (Å²) in [7, 11) is 0. The Kier molecular flexibility index (Phi) is 7.41. The summed E-state index contributed by atoms with van der Waals surface area (Å²) < 4.78 is 5.93. The molecule has 0 bridgehead atoms. The van der Waals surface area contributed by atoms with Crippen LogP contribution >= 0.6 is 0 Å². The quantitative estimate of drug-likeness (QED) is 0.653. The van der Waals surface area contributed by atoms with Crippen LogP contribution in [0.2, 0.25) is 0 Å². The molecule has 0 amide bonds. The minimum Gasteiger partial charge on any atom is -0.488 e. The molecule has 1 N–H and O–H groups in total. The summed E-state index contributed by atoms with van der Waals surface area (Å²) in [5.41, 5.74) is 1.50. The van der Waals surface area contributed by atoms with Gasteiger partial charge in [-0.2, -0.15) is 0 Å². The summed E-state index contributed by atoms with van der Waals surface area (Å²) in [6.07, 6.45) is 6.28. The summed E-state index contributed by atoms with van der Waals surface area (Å²) in [4.78, 5) is 0. The van der Waals surface area contributed by atoms with Gasteiger partial charge >= 0.3 is 0 Å². The van der Waals surface area contributed by atoms with Gasteiger partial charge in [-0.05, 0) is 85.0 Å². The van der Waals surface area contributed by atoms with Gasteiger partial charge in [0.1, 0.15) is 11.4 Å². The second-order valence-corrected chi connectivity index (χ2v) is 8.20. The number of benzene rings is 1. The zero-order valence-corrected chi connectivity index (χ0v) is 15.5. The number of hydrogen-bond donors (Lipinski definition) is 1. The van der Waals surface area contributed by atoms with Crippen LogP contribution in [0.1, 0.15) is 72.8 Å². The largest absolute Gasteiger partial charge is 0.488 e. The van der Waals surface area contributed by atoms with Gasteiger partial charge in [-0.1, -0.05) is 25.0 Å². The Hall–Kier alpha value is -1.02. The molecule has 126 valence electrons. The molecule has 0 radical (unpaired) electrons. The Morgan fingerprint density at radius 2 is 1.59 bits per heavy atom. The van der Waals surface area contributed by atoms with Crippen molar-refractivity contribution in [3.05, 3.63) is 29.8 Å².